The maximum atomic E-state index is 12.9. The van der Waals surface area contributed by atoms with Gasteiger partial charge < -0.3 is 19.7 Å². The van der Waals surface area contributed by atoms with Gasteiger partial charge in [-0.05, 0) is 38.0 Å². The number of hydrogen-bond donors (Lipinski definition) is 2. The number of hydrogen-bond acceptors (Lipinski definition) is 3. The average molecular weight is 314 g/mol. The normalized spacial score (nSPS) is 16.0. The number of aliphatic hydroxyl groups excluding tert-OH is 1. The zero-order valence-electron chi connectivity index (χ0n) is 13.7. The zero-order valence-corrected chi connectivity index (χ0v) is 13.7. The summed E-state index contributed by atoms with van der Waals surface area (Å²) >= 11 is 0. The molecule has 1 aromatic carbocycles. The first-order valence-corrected chi connectivity index (χ1v) is 7.73. The van der Waals surface area contributed by atoms with Crippen LogP contribution in [0.1, 0.15) is 28.9 Å². The lowest BCUT2D eigenvalue weighted by Crippen LogP contribution is -2.49. The summed E-state index contributed by atoms with van der Waals surface area (Å²) in [6.45, 7) is 1.86. The Kier molecular flexibility index (Phi) is 3.90. The van der Waals surface area contributed by atoms with Crippen LogP contribution in [0.15, 0.2) is 30.4 Å². The fourth-order valence-electron chi connectivity index (χ4n) is 3.24. The van der Waals surface area contributed by atoms with E-state index in [9.17, 15) is 9.90 Å². The molecule has 5 heteroatoms. The van der Waals surface area contributed by atoms with E-state index < -0.39 is 5.54 Å². The molecule has 0 spiro atoms. The lowest BCUT2D eigenvalue weighted by atomic mass is 9.97. The molecule has 0 radical (unpaired) electrons. The molecule has 0 bridgehead atoms. The van der Waals surface area contributed by atoms with Crippen molar-refractivity contribution in [2.75, 3.05) is 13.7 Å². The Balaban J connectivity index is 2.04. The second-order valence-corrected chi connectivity index (χ2v) is 6.17. The van der Waals surface area contributed by atoms with E-state index in [0.717, 1.165) is 22.3 Å². The predicted octanol–water partition coefficient (Wildman–Crippen LogP) is 2.31. The molecule has 1 aliphatic rings. The van der Waals surface area contributed by atoms with Crippen molar-refractivity contribution in [2.24, 2.45) is 7.05 Å². The molecule has 1 aliphatic carbocycles. The maximum absolute atomic E-state index is 12.9. The van der Waals surface area contributed by atoms with Gasteiger partial charge in [-0.3, -0.25) is 4.79 Å². The van der Waals surface area contributed by atoms with Crippen molar-refractivity contribution in [3.8, 4) is 5.75 Å². The number of ether oxygens (including phenoxy) is 1. The van der Waals surface area contributed by atoms with Crippen molar-refractivity contribution >= 4 is 16.8 Å². The van der Waals surface area contributed by atoms with Crippen molar-refractivity contribution in [1.29, 1.82) is 0 Å². The van der Waals surface area contributed by atoms with Gasteiger partial charge in [-0.1, -0.05) is 12.2 Å². The molecule has 1 heterocycles. The predicted molar refractivity (Wildman–Crippen MR) is 89.9 cm³/mol. The summed E-state index contributed by atoms with van der Waals surface area (Å²) in [6.07, 6.45) is 5.30. The second-order valence-electron chi connectivity index (χ2n) is 6.17. The number of aromatic nitrogens is 1. The maximum Gasteiger partial charge on any atom is 0.254 e. The summed E-state index contributed by atoms with van der Waals surface area (Å²) in [7, 11) is 3.56. The molecule has 0 fully saturated rings. The smallest absolute Gasteiger partial charge is 0.254 e. The molecule has 122 valence electrons. The van der Waals surface area contributed by atoms with Crippen LogP contribution >= 0.6 is 0 Å². The number of nitrogens with one attached hydrogen (secondary N) is 1. The second kappa shape index (κ2) is 5.74. The Morgan fingerprint density at radius 1 is 1.39 bits per heavy atom. The monoisotopic (exact) mass is 314 g/mol. The molecule has 0 saturated heterocycles. The van der Waals surface area contributed by atoms with Crippen molar-refractivity contribution in [2.45, 2.75) is 25.3 Å². The van der Waals surface area contributed by atoms with Gasteiger partial charge in [-0.2, -0.15) is 0 Å². The minimum atomic E-state index is -0.579. The summed E-state index contributed by atoms with van der Waals surface area (Å²) in [5.74, 6) is 0.565. The lowest BCUT2D eigenvalue weighted by Gasteiger charge is -2.28. The standard InChI is InChI=1S/C18H22N2O3/c1-12-16(17(22)19-18(11-21)8-4-5-9-18)14-10-13(23-3)6-7-15(14)20(12)2/h4-7,10,21H,8-9,11H2,1-3H3,(H,19,22). The van der Waals surface area contributed by atoms with E-state index in [2.05, 4.69) is 5.32 Å². The molecule has 2 N–H and O–H groups in total. The highest BCUT2D eigenvalue weighted by molar-refractivity contribution is 6.09. The first-order valence-electron chi connectivity index (χ1n) is 7.73. The van der Waals surface area contributed by atoms with Gasteiger partial charge in [0.1, 0.15) is 5.75 Å². The highest BCUT2D eigenvalue weighted by Gasteiger charge is 2.33. The third kappa shape index (κ3) is 2.51. The van der Waals surface area contributed by atoms with Crippen molar-refractivity contribution < 1.29 is 14.6 Å². The van der Waals surface area contributed by atoms with Crippen LogP contribution < -0.4 is 10.1 Å². The van der Waals surface area contributed by atoms with Gasteiger partial charge in [0, 0.05) is 23.6 Å². The van der Waals surface area contributed by atoms with Gasteiger partial charge in [-0.15, -0.1) is 0 Å². The van der Waals surface area contributed by atoms with E-state index in [1.54, 1.807) is 7.11 Å². The Morgan fingerprint density at radius 2 is 2.09 bits per heavy atom. The Labute approximate surface area is 135 Å². The molecule has 2 aromatic rings. The number of nitrogens with zero attached hydrogens (tertiary/aromatic N) is 1. The van der Waals surface area contributed by atoms with Crippen LogP contribution in [0.3, 0.4) is 0 Å². The Morgan fingerprint density at radius 3 is 2.70 bits per heavy atom. The number of aliphatic hydroxyl groups is 1. The van der Waals surface area contributed by atoms with E-state index >= 15 is 0 Å². The number of benzene rings is 1. The van der Waals surface area contributed by atoms with Crippen LogP contribution in [0.4, 0.5) is 0 Å². The number of fused-ring (bicyclic) bond motifs is 1. The first kappa shape index (κ1) is 15.6. The lowest BCUT2D eigenvalue weighted by molar-refractivity contribution is 0.0846. The van der Waals surface area contributed by atoms with E-state index in [1.165, 1.54) is 0 Å². The summed E-state index contributed by atoms with van der Waals surface area (Å²) < 4.78 is 7.29. The number of rotatable bonds is 4. The summed E-state index contributed by atoms with van der Waals surface area (Å²) in [5, 5.41) is 13.6. The summed E-state index contributed by atoms with van der Waals surface area (Å²) in [4.78, 5) is 12.9. The summed E-state index contributed by atoms with van der Waals surface area (Å²) in [5.41, 5.74) is 1.94. The fraction of sp³-hybridized carbons (Fsp3) is 0.389. The van der Waals surface area contributed by atoms with Crippen LogP contribution in [0, 0.1) is 6.92 Å². The molecule has 23 heavy (non-hydrogen) atoms. The highest BCUT2D eigenvalue weighted by atomic mass is 16.5. The molecule has 1 aromatic heterocycles. The third-order valence-corrected chi connectivity index (χ3v) is 4.79. The van der Waals surface area contributed by atoms with E-state index in [0.29, 0.717) is 18.4 Å². The van der Waals surface area contributed by atoms with Crippen LogP contribution in [0.2, 0.25) is 0 Å². The van der Waals surface area contributed by atoms with Gasteiger partial charge in [0.25, 0.3) is 5.91 Å². The Hall–Kier alpha value is -2.27. The molecule has 1 amide bonds. The highest BCUT2D eigenvalue weighted by Crippen LogP contribution is 2.30. The number of methoxy groups -OCH3 is 1. The van der Waals surface area contributed by atoms with Crippen LogP contribution in [-0.4, -0.2) is 34.8 Å². The van der Waals surface area contributed by atoms with E-state index in [-0.39, 0.29) is 12.5 Å². The molecular formula is C18H22N2O3. The number of carbonyl (C=O) groups excluding carboxylic acids is 1. The molecule has 0 unspecified atom stereocenters. The largest absolute Gasteiger partial charge is 0.497 e. The minimum absolute atomic E-state index is 0.0706. The van der Waals surface area contributed by atoms with Crippen molar-refractivity contribution in [3.63, 3.8) is 0 Å². The van der Waals surface area contributed by atoms with Crippen LogP contribution in [0.5, 0.6) is 5.75 Å². The molecule has 0 aliphatic heterocycles. The topological polar surface area (TPSA) is 63.5 Å². The minimum Gasteiger partial charge on any atom is -0.497 e. The van der Waals surface area contributed by atoms with Gasteiger partial charge in [0.2, 0.25) is 0 Å². The average Bonchev–Trinajstić information content (AvgIpc) is 3.11. The third-order valence-electron chi connectivity index (χ3n) is 4.79. The molecular weight excluding hydrogens is 292 g/mol. The van der Waals surface area contributed by atoms with Crippen molar-refractivity contribution in [1.82, 2.24) is 9.88 Å². The zero-order chi connectivity index (χ0) is 16.6. The van der Waals surface area contributed by atoms with Gasteiger partial charge in [0.15, 0.2) is 0 Å². The van der Waals surface area contributed by atoms with Crippen LogP contribution in [-0.2, 0) is 7.05 Å². The molecule has 0 atom stereocenters. The fourth-order valence-corrected chi connectivity index (χ4v) is 3.24. The number of amides is 1. The van der Waals surface area contributed by atoms with Gasteiger partial charge in [0.05, 0.1) is 24.8 Å². The quantitative estimate of drug-likeness (QED) is 0.851. The van der Waals surface area contributed by atoms with Crippen LogP contribution in [0.25, 0.3) is 10.9 Å². The molecule has 5 nitrogen and oxygen atoms in total. The summed E-state index contributed by atoms with van der Waals surface area (Å²) in [6, 6.07) is 5.73. The van der Waals surface area contributed by atoms with Crippen molar-refractivity contribution in [3.05, 3.63) is 41.6 Å². The first-order chi connectivity index (χ1) is 11.0. The van der Waals surface area contributed by atoms with Gasteiger partial charge in [-0.25, -0.2) is 0 Å². The number of carbonyl (C=O) groups is 1. The molecule has 3 rings (SSSR count). The Bertz CT molecular complexity index is 781. The molecule has 0 saturated carbocycles. The number of aryl methyl sites for hydroxylation is 1. The SMILES string of the molecule is COc1ccc2c(c1)c(C(=O)NC1(CO)CC=CC1)c(C)n2C. The van der Waals surface area contributed by atoms with Gasteiger partial charge >= 0.3 is 0 Å². The van der Waals surface area contributed by atoms with E-state index in [1.807, 2.05) is 48.9 Å². The van der Waals surface area contributed by atoms with E-state index in [4.69, 9.17) is 4.74 Å².